The summed E-state index contributed by atoms with van der Waals surface area (Å²) in [5, 5.41) is 7.97. The smallest absolute Gasteiger partial charge is 0.137 e. The number of para-hydroxylation sites is 1. The number of benzene rings is 2. The van der Waals surface area contributed by atoms with Gasteiger partial charge in [0, 0.05) is 0 Å². The summed E-state index contributed by atoms with van der Waals surface area (Å²) in [6, 6.07) is 13.9. The molecule has 3 rings (SSSR count). The van der Waals surface area contributed by atoms with Crippen LogP contribution in [0.1, 0.15) is 17.3 Å². The van der Waals surface area contributed by atoms with Gasteiger partial charge in [-0.05, 0) is 45.8 Å². The number of hydrogen-bond acceptors (Lipinski definition) is 3. The molecule has 0 saturated carbocycles. The van der Waals surface area contributed by atoms with Gasteiger partial charge in [0.15, 0.2) is 0 Å². The number of nitrogens with zero attached hydrogens (tertiary/aromatic N) is 3. The first kappa shape index (κ1) is 13.9. The van der Waals surface area contributed by atoms with E-state index in [0.29, 0.717) is 15.7 Å². The molecule has 2 N–H and O–H groups in total. The van der Waals surface area contributed by atoms with E-state index in [-0.39, 0.29) is 5.82 Å². The summed E-state index contributed by atoms with van der Waals surface area (Å²) < 4.78 is 15.7. The third kappa shape index (κ3) is 2.72. The molecule has 1 aromatic heterocycles. The Hall–Kier alpha value is -2.05. The molecule has 0 amide bonds. The molecular weight excluding hydrogens is 335 g/mol. The standard InChI is InChI=1S/C15H12BrFN4/c16-12-7-6-10(8-13(12)17)15(18)14-9-19-20-21(14)11-4-2-1-3-5-11/h1-9,15H,18H2. The van der Waals surface area contributed by atoms with Crippen LogP contribution >= 0.6 is 15.9 Å². The first-order valence-electron chi connectivity index (χ1n) is 6.33. The van der Waals surface area contributed by atoms with E-state index in [0.717, 1.165) is 5.69 Å². The van der Waals surface area contributed by atoms with Crippen molar-refractivity contribution in [1.82, 2.24) is 15.0 Å². The van der Waals surface area contributed by atoms with Gasteiger partial charge < -0.3 is 5.73 Å². The highest BCUT2D eigenvalue weighted by atomic mass is 79.9. The van der Waals surface area contributed by atoms with Gasteiger partial charge in [-0.1, -0.05) is 29.5 Å². The molecule has 0 aliphatic heterocycles. The molecule has 21 heavy (non-hydrogen) atoms. The molecule has 2 aromatic carbocycles. The molecule has 0 bridgehead atoms. The number of hydrogen-bond donors (Lipinski definition) is 1. The van der Waals surface area contributed by atoms with Crippen LogP contribution in [0, 0.1) is 5.82 Å². The monoisotopic (exact) mass is 346 g/mol. The van der Waals surface area contributed by atoms with Gasteiger partial charge >= 0.3 is 0 Å². The Balaban J connectivity index is 2.01. The summed E-state index contributed by atoms with van der Waals surface area (Å²) >= 11 is 3.13. The lowest BCUT2D eigenvalue weighted by Crippen LogP contribution is -2.17. The Morgan fingerprint density at radius 2 is 1.90 bits per heavy atom. The van der Waals surface area contributed by atoms with Crippen molar-refractivity contribution in [2.24, 2.45) is 5.73 Å². The van der Waals surface area contributed by atoms with Gasteiger partial charge in [0.1, 0.15) is 5.82 Å². The van der Waals surface area contributed by atoms with Crippen LogP contribution in [0.15, 0.2) is 59.2 Å². The molecule has 6 heteroatoms. The minimum absolute atomic E-state index is 0.346. The lowest BCUT2D eigenvalue weighted by atomic mass is 10.0. The molecule has 1 atom stereocenters. The Morgan fingerprint density at radius 1 is 1.14 bits per heavy atom. The average Bonchev–Trinajstić information content (AvgIpc) is 2.99. The molecule has 1 unspecified atom stereocenters. The normalized spacial score (nSPS) is 12.3. The van der Waals surface area contributed by atoms with E-state index in [1.807, 2.05) is 30.3 Å². The maximum Gasteiger partial charge on any atom is 0.137 e. The lowest BCUT2D eigenvalue weighted by Gasteiger charge is -2.14. The van der Waals surface area contributed by atoms with E-state index in [9.17, 15) is 4.39 Å². The Labute approximate surface area is 129 Å². The van der Waals surface area contributed by atoms with Crippen molar-refractivity contribution in [1.29, 1.82) is 0 Å². The van der Waals surface area contributed by atoms with Gasteiger partial charge in [0.25, 0.3) is 0 Å². The van der Waals surface area contributed by atoms with Crippen LogP contribution < -0.4 is 5.73 Å². The van der Waals surface area contributed by atoms with Crippen LogP contribution in [0.5, 0.6) is 0 Å². The molecule has 3 aromatic rings. The fourth-order valence-corrected chi connectivity index (χ4v) is 2.35. The molecule has 1 heterocycles. The van der Waals surface area contributed by atoms with E-state index in [4.69, 9.17) is 5.73 Å². The van der Waals surface area contributed by atoms with Gasteiger partial charge in [-0.25, -0.2) is 9.07 Å². The first-order chi connectivity index (χ1) is 10.2. The molecule has 0 spiro atoms. The molecule has 4 nitrogen and oxygen atoms in total. The zero-order chi connectivity index (χ0) is 14.8. The second-order valence-corrected chi connectivity index (χ2v) is 5.41. The van der Waals surface area contributed by atoms with Crippen molar-refractivity contribution < 1.29 is 4.39 Å². The topological polar surface area (TPSA) is 56.7 Å². The predicted octanol–water partition coefficient (Wildman–Crippen LogP) is 3.22. The van der Waals surface area contributed by atoms with Crippen molar-refractivity contribution in [2.75, 3.05) is 0 Å². The van der Waals surface area contributed by atoms with E-state index in [1.165, 1.54) is 6.07 Å². The van der Waals surface area contributed by atoms with E-state index in [2.05, 4.69) is 26.2 Å². The lowest BCUT2D eigenvalue weighted by molar-refractivity contribution is 0.615. The second-order valence-electron chi connectivity index (χ2n) is 4.56. The van der Waals surface area contributed by atoms with Crippen molar-refractivity contribution in [3.63, 3.8) is 0 Å². The summed E-state index contributed by atoms with van der Waals surface area (Å²) in [5.41, 5.74) is 8.45. The van der Waals surface area contributed by atoms with Crippen LogP contribution in [0.4, 0.5) is 4.39 Å². The van der Waals surface area contributed by atoms with E-state index >= 15 is 0 Å². The summed E-state index contributed by atoms with van der Waals surface area (Å²) in [6.45, 7) is 0. The van der Waals surface area contributed by atoms with Crippen LogP contribution in [0.2, 0.25) is 0 Å². The van der Waals surface area contributed by atoms with E-state index in [1.54, 1.807) is 23.0 Å². The van der Waals surface area contributed by atoms with Gasteiger partial charge in [-0.15, -0.1) is 5.10 Å². The maximum absolute atomic E-state index is 13.7. The molecular formula is C15H12BrFN4. The molecule has 0 aliphatic rings. The number of aromatic nitrogens is 3. The van der Waals surface area contributed by atoms with E-state index < -0.39 is 6.04 Å². The summed E-state index contributed by atoms with van der Waals surface area (Å²) in [5.74, 6) is -0.346. The zero-order valence-electron chi connectivity index (χ0n) is 10.9. The largest absolute Gasteiger partial charge is 0.319 e. The van der Waals surface area contributed by atoms with Crippen LogP contribution in [-0.2, 0) is 0 Å². The highest BCUT2D eigenvalue weighted by Crippen LogP contribution is 2.24. The molecule has 0 aliphatic carbocycles. The van der Waals surface area contributed by atoms with Gasteiger partial charge in [0.05, 0.1) is 28.1 Å². The third-order valence-electron chi connectivity index (χ3n) is 3.20. The molecule has 0 fully saturated rings. The molecule has 0 radical (unpaired) electrons. The first-order valence-corrected chi connectivity index (χ1v) is 7.12. The van der Waals surface area contributed by atoms with Crippen molar-refractivity contribution in [3.05, 3.63) is 76.3 Å². The Bertz CT molecular complexity index is 757. The van der Waals surface area contributed by atoms with Crippen LogP contribution in [0.3, 0.4) is 0 Å². The van der Waals surface area contributed by atoms with Crippen LogP contribution in [0.25, 0.3) is 5.69 Å². The second kappa shape index (κ2) is 5.75. The Kier molecular flexibility index (Phi) is 3.81. The maximum atomic E-state index is 13.7. The molecule has 106 valence electrons. The SMILES string of the molecule is NC(c1ccc(Br)c(F)c1)c1cnnn1-c1ccccc1. The van der Waals surface area contributed by atoms with Gasteiger partial charge in [-0.2, -0.15) is 0 Å². The highest BCUT2D eigenvalue weighted by molar-refractivity contribution is 9.10. The zero-order valence-corrected chi connectivity index (χ0v) is 12.5. The fourth-order valence-electron chi connectivity index (χ4n) is 2.10. The number of halogens is 2. The van der Waals surface area contributed by atoms with Gasteiger partial charge in [0.2, 0.25) is 0 Å². The predicted molar refractivity (Wildman–Crippen MR) is 81.5 cm³/mol. The van der Waals surface area contributed by atoms with Crippen molar-refractivity contribution in [3.8, 4) is 5.69 Å². The third-order valence-corrected chi connectivity index (χ3v) is 3.84. The minimum atomic E-state index is -0.511. The van der Waals surface area contributed by atoms with Crippen LogP contribution in [-0.4, -0.2) is 15.0 Å². The highest BCUT2D eigenvalue weighted by Gasteiger charge is 2.17. The van der Waals surface area contributed by atoms with Crippen molar-refractivity contribution in [2.45, 2.75) is 6.04 Å². The minimum Gasteiger partial charge on any atom is -0.319 e. The fraction of sp³-hybridized carbons (Fsp3) is 0.0667. The molecule has 0 saturated heterocycles. The van der Waals surface area contributed by atoms with Crippen molar-refractivity contribution >= 4 is 15.9 Å². The number of rotatable bonds is 3. The average molecular weight is 347 g/mol. The summed E-state index contributed by atoms with van der Waals surface area (Å²) in [6.07, 6.45) is 1.59. The quantitative estimate of drug-likeness (QED) is 0.792. The Morgan fingerprint density at radius 3 is 2.62 bits per heavy atom. The summed E-state index contributed by atoms with van der Waals surface area (Å²) in [4.78, 5) is 0. The number of nitrogens with two attached hydrogens (primary N) is 1. The van der Waals surface area contributed by atoms with Gasteiger partial charge in [-0.3, -0.25) is 0 Å². The summed E-state index contributed by atoms with van der Waals surface area (Å²) in [7, 11) is 0.